The third-order valence-electron chi connectivity index (χ3n) is 4.67. The summed E-state index contributed by atoms with van der Waals surface area (Å²) in [5.74, 6) is 0.629. The molecule has 0 radical (unpaired) electrons. The molecule has 1 aliphatic carbocycles. The van der Waals surface area contributed by atoms with Gasteiger partial charge in [-0.05, 0) is 56.2 Å². The Labute approximate surface area is 168 Å². The van der Waals surface area contributed by atoms with Crippen LogP contribution in [0.4, 0.5) is 5.69 Å². The van der Waals surface area contributed by atoms with Gasteiger partial charge >= 0.3 is 0 Å². The molecule has 3 aromatic rings. The summed E-state index contributed by atoms with van der Waals surface area (Å²) in [5, 5.41) is 13.8. The van der Waals surface area contributed by atoms with E-state index in [2.05, 4.69) is 20.8 Å². The highest BCUT2D eigenvalue weighted by Crippen LogP contribution is 2.20. The van der Waals surface area contributed by atoms with Gasteiger partial charge in [0.2, 0.25) is 17.7 Å². The standard InChI is InChI=1S/C22H22N4O3/c1-14-2-4-16(5-3-14)22-26-25-20(29-22)13-12-19(27)23-17-8-6-15(7-9-17)21(28)24-18-10-11-18/h2-9,18H,10-13H2,1H3,(H,23,27)(H,24,28). The van der Waals surface area contributed by atoms with Crippen LogP contribution in [0.2, 0.25) is 0 Å². The molecule has 7 heteroatoms. The van der Waals surface area contributed by atoms with Crippen LogP contribution in [0.5, 0.6) is 0 Å². The van der Waals surface area contributed by atoms with E-state index >= 15 is 0 Å². The number of aromatic nitrogens is 2. The lowest BCUT2D eigenvalue weighted by atomic mass is 10.1. The van der Waals surface area contributed by atoms with Crippen molar-refractivity contribution in [2.75, 3.05) is 5.32 Å². The van der Waals surface area contributed by atoms with Gasteiger partial charge in [-0.1, -0.05) is 17.7 Å². The molecular formula is C22H22N4O3. The number of carbonyl (C=O) groups excluding carboxylic acids is 2. The van der Waals surface area contributed by atoms with Gasteiger partial charge in [0.25, 0.3) is 5.91 Å². The summed E-state index contributed by atoms with van der Waals surface area (Å²) in [6.45, 7) is 2.01. The maximum atomic E-state index is 12.2. The number of rotatable bonds is 7. The highest BCUT2D eigenvalue weighted by molar-refractivity contribution is 5.96. The van der Waals surface area contributed by atoms with Gasteiger partial charge in [-0.25, -0.2) is 0 Å². The van der Waals surface area contributed by atoms with Crippen LogP contribution in [0.15, 0.2) is 52.9 Å². The van der Waals surface area contributed by atoms with E-state index in [1.807, 2.05) is 31.2 Å². The van der Waals surface area contributed by atoms with Crippen molar-refractivity contribution in [1.82, 2.24) is 15.5 Å². The van der Waals surface area contributed by atoms with E-state index < -0.39 is 0 Å². The normalized spacial score (nSPS) is 13.1. The molecule has 1 heterocycles. The second-order valence-electron chi connectivity index (χ2n) is 7.24. The van der Waals surface area contributed by atoms with Gasteiger partial charge in [0.15, 0.2) is 0 Å². The van der Waals surface area contributed by atoms with Crippen LogP contribution in [-0.2, 0) is 11.2 Å². The molecular weight excluding hydrogens is 368 g/mol. The second-order valence-corrected chi connectivity index (χ2v) is 7.24. The third-order valence-corrected chi connectivity index (χ3v) is 4.67. The van der Waals surface area contributed by atoms with Crippen LogP contribution in [0.25, 0.3) is 11.5 Å². The minimum absolute atomic E-state index is 0.0776. The molecule has 148 valence electrons. The van der Waals surface area contributed by atoms with Gasteiger partial charge in [-0.15, -0.1) is 10.2 Å². The lowest BCUT2D eigenvalue weighted by Crippen LogP contribution is -2.25. The summed E-state index contributed by atoms with van der Waals surface area (Å²) in [7, 11) is 0. The van der Waals surface area contributed by atoms with Crippen molar-refractivity contribution in [2.45, 2.75) is 38.6 Å². The van der Waals surface area contributed by atoms with Crippen molar-refractivity contribution in [3.8, 4) is 11.5 Å². The third kappa shape index (κ3) is 5.07. The number of nitrogens with one attached hydrogen (secondary N) is 2. The average molecular weight is 390 g/mol. The molecule has 0 bridgehead atoms. The monoisotopic (exact) mass is 390 g/mol. The largest absolute Gasteiger partial charge is 0.421 e. The van der Waals surface area contributed by atoms with Gasteiger partial charge in [0.1, 0.15) is 0 Å². The summed E-state index contributed by atoms with van der Waals surface area (Å²) in [5.41, 5.74) is 3.24. The number of hydrogen-bond acceptors (Lipinski definition) is 5. The quantitative estimate of drug-likeness (QED) is 0.643. The molecule has 1 aliphatic rings. The molecule has 2 aromatic carbocycles. The first-order chi connectivity index (χ1) is 14.1. The van der Waals surface area contributed by atoms with Crippen LogP contribution in [0.1, 0.15) is 41.1 Å². The Morgan fingerprint density at radius 1 is 1.03 bits per heavy atom. The Kier molecular flexibility index (Phi) is 5.37. The zero-order chi connectivity index (χ0) is 20.2. The van der Waals surface area contributed by atoms with Gasteiger partial charge < -0.3 is 15.1 Å². The number of carbonyl (C=O) groups is 2. The maximum absolute atomic E-state index is 12.2. The highest BCUT2D eigenvalue weighted by atomic mass is 16.4. The molecule has 7 nitrogen and oxygen atoms in total. The summed E-state index contributed by atoms with van der Waals surface area (Å²) >= 11 is 0. The van der Waals surface area contributed by atoms with Gasteiger partial charge in [0, 0.05) is 35.7 Å². The fourth-order valence-corrected chi connectivity index (χ4v) is 2.81. The minimum Gasteiger partial charge on any atom is -0.421 e. The number of benzene rings is 2. The topological polar surface area (TPSA) is 97.1 Å². The predicted octanol–water partition coefficient (Wildman–Crippen LogP) is 3.51. The van der Waals surface area contributed by atoms with Crippen molar-refractivity contribution in [1.29, 1.82) is 0 Å². The van der Waals surface area contributed by atoms with Crippen molar-refractivity contribution in [3.63, 3.8) is 0 Å². The predicted molar refractivity (Wildman–Crippen MR) is 108 cm³/mol. The Morgan fingerprint density at radius 3 is 2.45 bits per heavy atom. The number of nitrogens with zero attached hydrogens (tertiary/aromatic N) is 2. The summed E-state index contributed by atoms with van der Waals surface area (Å²) in [6.07, 6.45) is 2.67. The molecule has 2 amide bonds. The van der Waals surface area contributed by atoms with E-state index in [9.17, 15) is 9.59 Å². The summed E-state index contributed by atoms with van der Waals surface area (Å²) in [6, 6.07) is 15.0. The van der Waals surface area contributed by atoms with Crippen LogP contribution in [0.3, 0.4) is 0 Å². The van der Waals surface area contributed by atoms with Crippen LogP contribution in [-0.4, -0.2) is 28.1 Å². The lowest BCUT2D eigenvalue weighted by Gasteiger charge is -2.06. The first-order valence-electron chi connectivity index (χ1n) is 9.67. The highest BCUT2D eigenvalue weighted by Gasteiger charge is 2.23. The van der Waals surface area contributed by atoms with Crippen molar-refractivity contribution in [2.24, 2.45) is 0 Å². The number of aryl methyl sites for hydroxylation is 2. The van der Waals surface area contributed by atoms with Crippen LogP contribution < -0.4 is 10.6 Å². The molecule has 1 saturated carbocycles. The molecule has 0 saturated heterocycles. The Morgan fingerprint density at radius 2 is 1.76 bits per heavy atom. The lowest BCUT2D eigenvalue weighted by molar-refractivity contribution is -0.116. The molecule has 0 atom stereocenters. The zero-order valence-corrected chi connectivity index (χ0v) is 16.1. The van der Waals surface area contributed by atoms with Crippen LogP contribution in [0, 0.1) is 6.92 Å². The maximum Gasteiger partial charge on any atom is 0.251 e. The van der Waals surface area contributed by atoms with Crippen molar-refractivity contribution >= 4 is 17.5 Å². The number of amides is 2. The molecule has 4 rings (SSSR count). The van der Waals surface area contributed by atoms with E-state index in [0.29, 0.717) is 35.5 Å². The van der Waals surface area contributed by atoms with E-state index in [4.69, 9.17) is 4.42 Å². The molecule has 1 fully saturated rings. The molecule has 2 N–H and O–H groups in total. The summed E-state index contributed by atoms with van der Waals surface area (Å²) in [4.78, 5) is 24.2. The number of hydrogen-bond donors (Lipinski definition) is 2. The Balaban J connectivity index is 1.27. The van der Waals surface area contributed by atoms with Crippen molar-refractivity contribution < 1.29 is 14.0 Å². The van der Waals surface area contributed by atoms with Gasteiger partial charge in [-0.3, -0.25) is 9.59 Å². The van der Waals surface area contributed by atoms with E-state index in [1.54, 1.807) is 24.3 Å². The molecule has 1 aromatic heterocycles. The minimum atomic E-state index is -0.157. The fraction of sp³-hybridized carbons (Fsp3) is 0.273. The fourth-order valence-electron chi connectivity index (χ4n) is 2.81. The molecule has 0 unspecified atom stereocenters. The Hall–Kier alpha value is -3.48. The molecule has 0 spiro atoms. The Bertz CT molecular complexity index is 1010. The smallest absolute Gasteiger partial charge is 0.251 e. The SMILES string of the molecule is Cc1ccc(-c2nnc(CCC(=O)Nc3ccc(C(=O)NC4CC4)cc3)o2)cc1. The van der Waals surface area contributed by atoms with E-state index in [-0.39, 0.29) is 18.2 Å². The summed E-state index contributed by atoms with van der Waals surface area (Å²) < 4.78 is 5.64. The first kappa shape index (κ1) is 18.9. The molecule has 29 heavy (non-hydrogen) atoms. The van der Waals surface area contributed by atoms with Gasteiger partial charge in [-0.2, -0.15) is 0 Å². The number of anilines is 1. The van der Waals surface area contributed by atoms with Crippen molar-refractivity contribution in [3.05, 3.63) is 65.5 Å². The van der Waals surface area contributed by atoms with E-state index in [0.717, 1.165) is 24.0 Å². The first-order valence-corrected chi connectivity index (χ1v) is 9.67. The van der Waals surface area contributed by atoms with Crippen LogP contribution >= 0.6 is 0 Å². The molecule has 0 aliphatic heterocycles. The average Bonchev–Trinajstić information content (AvgIpc) is 3.41. The van der Waals surface area contributed by atoms with E-state index in [1.165, 1.54) is 0 Å². The second kappa shape index (κ2) is 8.26. The zero-order valence-electron chi connectivity index (χ0n) is 16.1. The van der Waals surface area contributed by atoms with Gasteiger partial charge in [0.05, 0.1) is 0 Å².